The molecule has 1 aromatic rings. The molecule has 2 fully saturated rings. The van der Waals surface area contributed by atoms with Crippen LogP contribution < -0.4 is 22.1 Å². The molecule has 5 amide bonds. The van der Waals surface area contributed by atoms with Gasteiger partial charge in [-0.05, 0) is 32.6 Å². The van der Waals surface area contributed by atoms with Gasteiger partial charge in [0.2, 0.25) is 23.6 Å². The number of carbonyl (C=O) groups excluding carboxylic acids is 4. The van der Waals surface area contributed by atoms with Gasteiger partial charge in [-0.2, -0.15) is 4.68 Å². The van der Waals surface area contributed by atoms with Crippen LogP contribution in [0.15, 0.2) is 9.21 Å². The minimum absolute atomic E-state index is 0.118. The van der Waals surface area contributed by atoms with Crippen LogP contribution in [0.25, 0.3) is 0 Å². The van der Waals surface area contributed by atoms with Gasteiger partial charge in [0.25, 0.3) is 0 Å². The summed E-state index contributed by atoms with van der Waals surface area (Å²) in [5.41, 5.74) is 5.03. The molecule has 1 unspecified atom stereocenters. The van der Waals surface area contributed by atoms with Crippen molar-refractivity contribution < 1.29 is 23.6 Å². The first-order chi connectivity index (χ1) is 15.2. The van der Waals surface area contributed by atoms with E-state index in [1.165, 1.54) is 11.8 Å². The first-order valence-corrected chi connectivity index (χ1v) is 10.6. The van der Waals surface area contributed by atoms with E-state index in [0.717, 1.165) is 4.68 Å². The number of nitrogens with zero attached hydrogens (tertiary/aromatic N) is 4. The van der Waals surface area contributed by atoms with Crippen molar-refractivity contribution in [2.24, 2.45) is 5.73 Å². The predicted molar refractivity (Wildman–Crippen MR) is 110 cm³/mol. The molecule has 32 heavy (non-hydrogen) atoms. The van der Waals surface area contributed by atoms with Gasteiger partial charge in [-0.15, -0.1) is 5.10 Å². The molecule has 0 spiro atoms. The fourth-order valence-electron chi connectivity index (χ4n) is 4.11. The highest BCUT2D eigenvalue weighted by molar-refractivity contribution is 5.88. The highest BCUT2D eigenvalue weighted by Gasteiger charge is 2.38. The molecule has 13 heteroatoms. The quantitative estimate of drug-likeness (QED) is 0.462. The maximum atomic E-state index is 13.1. The molecule has 2 aliphatic rings. The van der Waals surface area contributed by atoms with Gasteiger partial charge in [0.1, 0.15) is 18.6 Å². The molecule has 3 heterocycles. The van der Waals surface area contributed by atoms with Crippen LogP contribution in [0.3, 0.4) is 0 Å². The number of carbonyl (C=O) groups is 4. The summed E-state index contributed by atoms with van der Waals surface area (Å²) in [6, 6.07) is -2.21. The Bertz CT molecular complexity index is 933. The summed E-state index contributed by atoms with van der Waals surface area (Å²) in [5, 5.41) is 9.05. The van der Waals surface area contributed by atoms with Gasteiger partial charge in [-0.25, -0.2) is 9.59 Å². The van der Waals surface area contributed by atoms with Crippen LogP contribution in [0.4, 0.5) is 4.79 Å². The van der Waals surface area contributed by atoms with Crippen LogP contribution in [-0.2, 0) is 20.9 Å². The minimum Gasteiger partial charge on any atom is -0.393 e. The molecule has 3 rings (SSSR count). The normalized spacial score (nSPS) is 20.1. The number of hydrogen-bond acceptors (Lipinski definition) is 7. The first-order valence-electron chi connectivity index (χ1n) is 10.6. The molecule has 0 aliphatic carbocycles. The van der Waals surface area contributed by atoms with Gasteiger partial charge in [-0.3, -0.25) is 14.4 Å². The summed E-state index contributed by atoms with van der Waals surface area (Å²) in [6.07, 6.45) is 2.39. The molecule has 13 nitrogen and oxygen atoms in total. The van der Waals surface area contributed by atoms with Crippen molar-refractivity contribution in [1.29, 1.82) is 0 Å². The van der Waals surface area contributed by atoms with E-state index >= 15 is 0 Å². The summed E-state index contributed by atoms with van der Waals surface area (Å²) in [4.78, 5) is 63.7. The predicted octanol–water partition coefficient (Wildman–Crippen LogP) is -1.70. The van der Waals surface area contributed by atoms with E-state index in [9.17, 15) is 24.0 Å². The number of amides is 5. The third-order valence-corrected chi connectivity index (χ3v) is 5.76. The smallest absolute Gasteiger partial charge is 0.393 e. The Morgan fingerprint density at radius 2 is 1.88 bits per heavy atom. The molecular formula is C19H29N7O6. The second kappa shape index (κ2) is 9.83. The van der Waals surface area contributed by atoms with Crippen LogP contribution in [0.1, 0.15) is 38.5 Å². The largest absolute Gasteiger partial charge is 0.437 e. The Kier molecular flexibility index (Phi) is 7.15. The maximum Gasteiger partial charge on any atom is 0.437 e. The number of urea groups is 1. The summed E-state index contributed by atoms with van der Waals surface area (Å²) in [6.45, 7) is 4.12. The highest BCUT2D eigenvalue weighted by Crippen LogP contribution is 2.22. The van der Waals surface area contributed by atoms with Crippen LogP contribution >= 0.6 is 0 Å². The number of nitrogens with two attached hydrogens (primary N) is 1. The summed E-state index contributed by atoms with van der Waals surface area (Å²) < 4.78 is 5.77. The Morgan fingerprint density at radius 1 is 1.19 bits per heavy atom. The highest BCUT2D eigenvalue weighted by atomic mass is 16.4. The molecule has 1 aromatic heterocycles. The van der Waals surface area contributed by atoms with Crippen molar-refractivity contribution in [3.63, 3.8) is 0 Å². The minimum atomic E-state index is -0.771. The van der Waals surface area contributed by atoms with Crippen molar-refractivity contribution in [2.75, 3.05) is 19.6 Å². The van der Waals surface area contributed by atoms with E-state index in [4.69, 9.17) is 10.2 Å². The van der Waals surface area contributed by atoms with Gasteiger partial charge in [0.05, 0.1) is 0 Å². The maximum absolute atomic E-state index is 13.1. The van der Waals surface area contributed by atoms with Crippen LogP contribution in [-0.4, -0.2) is 81.1 Å². The van der Waals surface area contributed by atoms with E-state index in [1.54, 1.807) is 11.8 Å². The summed E-state index contributed by atoms with van der Waals surface area (Å²) in [7, 11) is 0. The first kappa shape index (κ1) is 23.3. The van der Waals surface area contributed by atoms with Gasteiger partial charge in [-0.1, -0.05) is 0 Å². The Balaban J connectivity index is 1.52. The van der Waals surface area contributed by atoms with Crippen molar-refractivity contribution in [3.8, 4) is 0 Å². The van der Waals surface area contributed by atoms with Crippen molar-refractivity contribution >= 4 is 23.8 Å². The molecule has 0 radical (unpaired) electrons. The Hall–Kier alpha value is -3.38. The van der Waals surface area contributed by atoms with Gasteiger partial charge < -0.3 is 30.6 Å². The number of aromatic nitrogens is 2. The molecule has 4 N–H and O–H groups in total. The number of piperidine rings is 1. The van der Waals surface area contributed by atoms with E-state index in [2.05, 4.69) is 15.7 Å². The number of hydrogen-bond donors (Lipinski definition) is 3. The van der Waals surface area contributed by atoms with Crippen molar-refractivity contribution in [2.45, 2.75) is 64.2 Å². The zero-order chi connectivity index (χ0) is 23.4. The number of rotatable bonds is 6. The van der Waals surface area contributed by atoms with Crippen LogP contribution in [0.2, 0.25) is 0 Å². The average molecular weight is 451 g/mol. The van der Waals surface area contributed by atoms with Crippen LogP contribution in [0.5, 0.6) is 0 Å². The third-order valence-electron chi connectivity index (χ3n) is 5.76. The third kappa shape index (κ3) is 5.45. The zero-order valence-electron chi connectivity index (χ0n) is 18.2. The van der Waals surface area contributed by atoms with E-state index < -0.39 is 23.9 Å². The fourth-order valence-corrected chi connectivity index (χ4v) is 4.11. The summed E-state index contributed by atoms with van der Waals surface area (Å²) in [5.74, 6) is -1.35. The Morgan fingerprint density at radius 3 is 2.47 bits per heavy atom. The second-order valence-electron chi connectivity index (χ2n) is 8.13. The number of likely N-dealkylation sites (tertiary alicyclic amines) is 2. The van der Waals surface area contributed by atoms with E-state index in [1.807, 2.05) is 0 Å². The lowest BCUT2D eigenvalue weighted by atomic mass is 10.0. The topological polar surface area (TPSA) is 173 Å². The molecule has 2 saturated heterocycles. The molecule has 0 aromatic carbocycles. The molecule has 2 aliphatic heterocycles. The van der Waals surface area contributed by atoms with Gasteiger partial charge in [0, 0.05) is 32.6 Å². The van der Waals surface area contributed by atoms with E-state index in [0.29, 0.717) is 45.3 Å². The Labute approximate surface area is 184 Å². The number of aryl methyl sites for hydroxylation is 1. The number of primary amides is 1. The lowest BCUT2D eigenvalue weighted by molar-refractivity contribution is -0.145. The summed E-state index contributed by atoms with van der Waals surface area (Å²) >= 11 is 0. The molecule has 176 valence electrons. The van der Waals surface area contributed by atoms with Crippen molar-refractivity contribution in [1.82, 2.24) is 30.2 Å². The number of nitrogens with one attached hydrogen (secondary N) is 2. The molecule has 0 bridgehead atoms. The van der Waals surface area contributed by atoms with Crippen molar-refractivity contribution in [3.05, 3.63) is 16.4 Å². The van der Waals surface area contributed by atoms with E-state index in [-0.39, 0.29) is 36.2 Å². The van der Waals surface area contributed by atoms with Crippen LogP contribution in [0, 0.1) is 6.92 Å². The standard InChI is InChI=1S/C19H29N7O6/c1-11(21-18(20)30)16(28)22-13-5-8-24(9-6-13)17(29)14-4-3-7-25(14)15(27)10-26-19(31)32-12(2)23-26/h11,13-14H,3-10H2,1-2H3,(H,22,28)(H3,20,21,30)/t11?,14-/m0/s1. The van der Waals surface area contributed by atoms with Gasteiger partial charge in [0.15, 0.2) is 0 Å². The monoisotopic (exact) mass is 451 g/mol. The molecule has 2 atom stereocenters. The van der Waals surface area contributed by atoms with Gasteiger partial charge >= 0.3 is 11.8 Å². The molecular weight excluding hydrogens is 422 g/mol. The second-order valence-corrected chi connectivity index (χ2v) is 8.13. The average Bonchev–Trinajstić information content (AvgIpc) is 3.34. The zero-order valence-corrected chi connectivity index (χ0v) is 18.2. The lowest BCUT2D eigenvalue weighted by Gasteiger charge is -2.36. The SMILES string of the molecule is Cc1nn(CC(=O)N2CCC[C@H]2C(=O)N2CCC(NC(=O)C(C)NC(N)=O)CC2)c(=O)o1. The lowest BCUT2D eigenvalue weighted by Crippen LogP contribution is -2.55. The fraction of sp³-hybridized carbons (Fsp3) is 0.684. The molecule has 0 saturated carbocycles.